The van der Waals surface area contributed by atoms with Gasteiger partial charge < -0.3 is 25.0 Å². The van der Waals surface area contributed by atoms with Crippen molar-refractivity contribution in [1.29, 1.82) is 0 Å². The van der Waals surface area contributed by atoms with E-state index in [9.17, 15) is 38.4 Å². The number of nitrogens with one attached hydrogen (secondary N) is 4. The number of ether oxygens (including phenoxy) is 2. The minimum absolute atomic E-state index is 0.00544. The number of rotatable bonds is 29. The van der Waals surface area contributed by atoms with Crippen molar-refractivity contribution >= 4 is 47.1 Å². The number of unbranched alkanes of at least 4 members (excludes halogenated alkanes) is 2. The summed E-state index contributed by atoms with van der Waals surface area (Å²) >= 11 is 0. The number of likely N-dealkylation sites (tertiary alicyclic amines) is 1. The van der Waals surface area contributed by atoms with Crippen molar-refractivity contribution in [3.8, 4) is 0 Å². The summed E-state index contributed by atoms with van der Waals surface area (Å²) in [6.45, 7) is 23.7. The number of hydrogen-bond acceptors (Lipinski definition) is 11. The van der Waals surface area contributed by atoms with Crippen LogP contribution in [0.25, 0.3) is 0 Å². The van der Waals surface area contributed by atoms with Gasteiger partial charge in [-0.15, -0.1) is 0 Å². The van der Waals surface area contributed by atoms with Crippen LogP contribution in [-0.2, 0) is 54.3 Å². The van der Waals surface area contributed by atoms with Gasteiger partial charge in [-0.25, -0.2) is 0 Å². The molecule has 408 valence electrons. The SMILES string of the molecule is CC.CC(=O)[C@@H](NC(=O)C(C(C)C)N(C)CCCC(=O)NNC(=O)CCCCCN1C(=O)C=CC1=O)C(C)C.CCC(C)C(C)C(CC(=O)N1CCCC1C(OC)C(C)C(=O)NCCc1ccccc1)OC. The quantitative estimate of drug-likeness (QED) is 0.0404. The predicted octanol–water partition coefficient (Wildman–Crippen LogP) is 6.19. The standard InChI is InChI=1S/C27H44N2O4.C26H43N5O6.C2H6/c1-7-19(2)20(3)24(32-5)18-25(30)29-17-11-14-23(29)26(33-6)21(4)27(31)28-16-15-22-12-9-8-10-13-22;1-17(2)24(19(5)32)27-26(37)25(18(3)4)30(6)15-10-12-21(34)29-28-20(33)11-8-7-9-16-31-22(35)13-14-23(31)36;1-2/h8-10,12-13,19-21,23-24,26H,7,11,14-18H2,1-6H3,(H,28,31);13-14,17-18,24-25H,7-12,15-16H2,1-6H3,(H,27,37)(H,28,33)(H,29,34);1-2H3/t;24-,25?;/m.0./s1. The highest BCUT2D eigenvalue weighted by atomic mass is 16.5. The summed E-state index contributed by atoms with van der Waals surface area (Å²) in [5, 5.41) is 5.91. The lowest BCUT2D eigenvalue weighted by atomic mass is 9.87. The number of imide groups is 1. The average Bonchev–Trinajstić information content (AvgIpc) is 3.97. The molecule has 1 aromatic carbocycles. The number of benzene rings is 1. The zero-order chi connectivity index (χ0) is 54.5. The summed E-state index contributed by atoms with van der Waals surface area (Å²) < 4.78 is 11.5. The lowest BCUT2D eigenvalue weighted by Crippen LogP contribution is -2.54. The first-order chi connectivity index (χ1) is 34.2. The second kappa shape index (κ2) is 35.2. The van der Waals surface area contributed by atoms with Gasteiger partial charge in [0, 0.05) is 58.8 Å². The Hall–Kier alpha value is -5.00. The predicted molar refractivity (Wildman–Crippen MR) is 282 cm³/mol. The summed E-state index contributed by atoms with van der Waals surface area (Å²) in [5.41, 5.74) is 5.99. The Labute approximate surface area is 432 Å². The van der Waals surface area contributed by atoms with E-state index in [2.05, 4.69) is 54.4 Å². The summed E-state index contributed by atoms with van der Waals surface area (Å²) in [5.74, 6) is -1.06. The molecule has 72 heavy (non-hydrogen) atoms. The van der Waals surface area contributed by atoms with Crippen molar-refractivity contribution in [3.05, 3.63) is 48.0 Å². The van der Waals surface area contributed by atoms with Crippen LogP contribution in [0.3, 0.4) is 0 Å². The molecule has 0 bridgehead atoms. The zero-order valence-electron chi connectivity index (χ0n) is 46.3. The average molecular weight is 1010 g/mol. The molecule has 1 saturated heterocycles. The number of carbonyl (C=O) groups excluding carboxylic acids is 8. The Balaban J connectivity index is 0.000000700. The normalized spacial score (nSPS) is 17.2. The summed E-state index contributed by atoms with van der Waals surface area (Å²) in [6.07, 6.45) is 8.76. The fourth-order valence-corrected chi connectivity index (χ4v) is 9.20. The Kier molecular flexibility index (Phi) is 31.8. The van der Waals surface area contributed by atoms with E-state index in [0.717, 1.165) is 25.7 Å². The molecule has 7 unspecified atom stereocenters. The van der Waals surface area contributed by atoms with Crippen LogP contribution < -0.4 is 21.5 Å². The van der Waals surface area contributed by atoms with E-state index < -0.39 is 12.1 Å². The zero-order valence-corrected chi connectivity index (χ0v) is 46.3. The van der Waals surface area contributed by atoms with Crippen molar-refractivity contribution in [2.45, 2.75) is 177 Å². The van der Waals surface area contributed by atoms with E-state index in [-0.39, 0.29) is 96.0 Å². The molecule has 0 spiro atoms. The first kappa shape index (κ1) is 65.0. The lowest BCUT2D eigenvalue weighted by molar-refractivity contribution is -0.142. The number of ketones is 1. The second-order valence-corrected chi connectivity index (χ2v) is 19.7. The molecular formula is C55H93N7O10. The highest BCUT2D eigenvalue weighted by molar-refractivity contribution is 6.12. The van der Waals surface area contributed by atoms with E-state index in [4.69, 9.17) is 9.47 Å². The van der Waals surface area contributed by atoms with Gasteiger partial charge in [0.05, 0.1) is 42.7 Å². The number of hydrogen-bond donors (Lipinski definition) is 4. The molecule has 2 aliphatic rings. The van der Waals surface area contributed by atoms with Crippen LogP contribution in [0.15, 0.2) is 42.5 Å². The number of nitrogens with zero attached hydrogens (tertiary/aromatic N) is 3. The van der Waals surface area contributed by atoms with Crippen molar-refractivity contribution < 1.29 is 47.8 Å². The number of likely N-dealkylation sites (N-methyl/N-ethyl adjacent to an activating group) is 1. The van der Waals surface area contributed by atoms with Gasteiger partial charge in [-0.3, -0.25) is 59.0 Å². The Morgan fingerprint density at radius 1 is 0.792 bits per heavy atom. The van der Waals surface area contributed by atoms with Gasteiger partial charge in [0.2, 0.25) is 29.5 Å². The highest BCUT2D eigenvalue weighted by Crippen LogP contribution is 2.29. The third kappa shape index (κ3) is 22.4. The molecule has 2 heterocycles. The fourth-order valence-electron chi connectivity index (χ4n) is 9.20. The first-order valence-corrected chi connectivity index (χ1v) is 26.5. The molecule has 0 aliphatic carbocycles. The molecular weight excluding hydrogens is 919 g/mol. The monoisotopic (exact) mass is 1010 g/mol. The molecule has 17 nitrogen and oxygen atoms in total. The Bertz CT molecular complexity index is 1840. The number of carbonyl (C=O) groups is 8. The smallest absolute Gasteiger partial charge is 0.253 e. The minimum Gasteiger partial charge on any atom is -0.381 e. The van der Waals surface area contributed by atoms with E-state index in [1.54, 1.807) is 14.2 Å². The summed E-state index contributed by atoms with van der Waals surface area (Å²) in [4.78, 5) is 103. The highest BCUT2D eigenvalue weighted by Gasteiger charge is 2.41. The fraction of sp³-hybridized carbons (Fsp3) is 0.709. The van der Waals surface area contributed by atoms with E-state index in [0.29, 0.717) is 70.1 Å². The maximum absolute atomic E-state index is 13.3. The van der Waals surface area contributed by atoms with Gasteiger partial charge in [-0.05, 0) is 88.3 Å². The third-order valence-corrected chi connectivity index (χ3v) is 13.8. The first-order valence-electron chi connectivity index (χ1n) is 26.5. The largest absolute Gasteiger partial charge is 0.381 e. The Morgan fingerprint density at radius 3 is 1.92 bits per heavy atom. The van der Waals surface area contributed by atoms with Gasteiger partial charge in [0.25, 0.3) is 11.8 Å². The molecule has 3 rings (SSSR count). The molecule has 0 aromatic heterocycles. The van der Waals surface area contributed by atoms with E-state index >= 15 is 0 Å². The van der Waals surface area contributed by atoms with Crippen LogP contribution in [-0.4, -0.2) is 140 Å². The summed E-state index contributed by atoms with van der Waals surface area (Å²) in [6, 6.07) is 9.05. The molecule has 0 saturated carbocycles. The van der Waals surface area contributed by atoms with Gasteiger partial charge in [-0.1, -0.05) is 112 Å². The number of methoxy groups -OCH3 is 2. The number of hydrazine groups is 1. The molecule has 17 heteroatoms. The molecule has 1 aromatic rings. The lowest BCUT2D eigenvalue weighted by Gasteiger charge is -2.35. The van der Waals surface area contributed by atoms with Crippen LogP contribution in [0, 0.1) is 29.6 Å². The van der Waals surface area contributed by atoms with Crippen molar-refractivity contribution in [1.82, 2.24) is 36.2 Å². The maximum Gasteiger partial charge on any atom is 0.253 e. The van der Waals surface area contributed by atoms with Crippen LogP contribution >= 0.6 is 0 Å². The van der Waals surface area contributed by atoms with Crippen LogP contribution in [0.1, 0.15) is 146 Å². The van der Waals surface area contributed by atoms with Crippen LogP contribution in [0.2, 0.25) is 0 Å². The second-order valence-electron chi connectivity index (χ2n) is 19.7. The van der Waals surface area contributed by atoms with Gasteiger partial charge in [0.1, 0.15) is 0 Å². The van der Waals surface area contributed by atoms with Gasteiger partial charge in [0.15, 0.2) is 5.78 Å². The Morgan fingerprint density at radius 2 is 1.39 bits per heavy atom. The maximum atomic E-state index is 13.3. The number of amides is 7. The molecule has 1 fully saturated rings. The molecule has 4 N–H and O–H groups in total. The van der Waals surface area contributed by atoms with E-state index in [1.165, 1.54) is 29.5 Å². The van der Waals surface area contributed by atoms with Crippen molar-refractivity contribution in [3.63, 3.8) is 0 Å². The number of Topliss-reactive ketones (excluding diaryl/α,β-unsaturated/α-hetero) is 1. The molecule has 8 atom stereocenters. The van der Waals surface area contributed by atoms with Crippen molar-refractivity contribution in [2.24, 2.45) is 29.6 Å². The minimum atomic E-state index is -0.535. The van der Waals surface area contributed by atoms with Crippen LogP contribution in [0.5, 0.6) is 0 Å². The molecule has 2 aliphatic heterocycles. The van der Waals surface area contributed by atoms with Gasteiger partial charge in [-0.2, -0.15) is 0 Å². The summed E-state index contributed by atoms with van der Waals surface area (Å²) in [7, 11) is 5.15. The van der Waals surface area contributed by atoms with E-state index in [1.807, 2.05) is 83.5 Å². The molecule has 7 amide bonds. The van der Waals surface area contributed by atoms with Gasteiger partial charge >= 0.3 is 0 Å². The van der Waals surface area contributed by atoms with Crippen LogP contribution in [0.4, 0.5) is 0 Å². The van der Waals surface area contributed by atoms with Crippen molar-refractivity contribution in [2.75, 3.05) is 47.4 Å². The molecule has 0 radical (unpaired) electrons. The third-order valence-electron chi connectivity index (χ3n) is 13.8. The topological polar surface area (TPSA) is 213 Å².